The number of aromatic nitrogens is 2. The predicted molar refractivity (Wildman–Crippen MR) is 93.5 cm³/mol. The number of morpholine rings is 1. The van der Waals surface area contributed by atoms with Crippen LogP contribution in [-0.2, 0) is 11.3 Å². The van der Waals surface area contributed by atoms with Crippen LogP contribution in [0.5, 0.6) is 0 Å². The molecule has 0 saturated carbocycles. The fourth-order valence-corrected chi connectivity index (χ4v) is 4.77. The van der Waals surface area contributed by atoms with Gasteiger partial charge in [0.1, 0.15) is 5.76 Å². The van der Waals surface area contributed by atoms with E-state index in [0.29, 0.717) is 6.04 Å². The Hall–Kier alpha value is -1.44. The third-order valence-electron chi connectivity index (χ3n) is 4.97. The number of hydrogen-bond donors (Lipinski definition) is 0. The lowest BCUT2D eigenvalue weighted by molar-refractivity contribution is 0.122. The topological polar surface area (TPSA) is 54.6 Å². The summed E-state index contributed by atoms with van der Waals surface area (Å²) in [6, 6.07) is 0.421. The van der Waals surface area contributed by atoms with E-state index >= 15 is 0 Å². The molecule has 130 valence electrons. The summed E-state index contributed by atoms with van der Waals surface area (Å²) in [4.78, 5) is 10.8. The molecule has 0 radical (unpaired) electrons. The summed E-state index contributed by atoms with van der Waals surface area (Å²) < 4.78 is 10.8. The van der Waals surface area contributed by atoms with Crippen LogP contribution in [-0.4, -0.2) is 47.9 Å². The van der Waals surface area contributed by atoms with Gasteiger partial charge in [0.25, 0.3) is 0 Å². The zero-order chi connectivity index (χ0) is 16.5. The molecule has 0 N–H and O–H groups in total. The molecule has 4 heterocycles. The van der Waals surface area contributed by atoms with Crippen LogP contribution in [0, 0.1) is 13.8 Å². The summed E-state index contributed by atoms with van der Waals surface area (Å²) in [5.74, 6) is 0.961. The number of aryl methyl sites for hydroxylation is 2. The van der Waals surface area contributed by atoms with Crippen LogP contribution in [0.3, 0.4) is 0 Å². The number of likely N-dealkylation sites (tertiary alicyclic amines) is 1. The molecular formula is C17H24N4O2S. The zero-order valence-corrected chi connectivity index (χ0v) is 15.1. The van der Waals surface area contributed by atoms with Crippen molar-refractivity contribution in [1.29, 1.82) is 0 Å². The lowest BCUT2D eigenvalue weighted by atomic mass is 10.0. The van der Waals surface area contributed by atoms with Gasteiger partial charge in [-0.3, -0.25) is 4.90 Å². The van der Waals surface area contributed by atoms with Crippen LogP contribution in [0.4, 0.5) is 5.13 Å². The number of nitrogens with zero attached hydrogens (tertiary/aromatic N) is 4. The Morgan fingerprint density at radius 1 is 1.25 bits per heavy atom. The van der Waals surface area contributed by atoms with Crippen LogP contribution in [0.25, 0.3) is 0 Å². The monoisotopic (exact) mass is 348 g/mol. The van der Waals surface area contributed by atoms with Crippen LogP contribution in [0.1, 0.15) is 40.8 Å². The summed E-state index contributed by atoms with van der Waals surface area (Å²) in [7, 11) is 0. The van der Waals surface area contributed by atoms with E-state index in [4.69, 9.17) is 9.26 Å². The van der Waals surface area contributed by atoms with Crippen LogP contribution in [0.15, 0.2) is 10.7 Å². The Bertz CT molecular complexity index is 673. The second-order valence-corrected chi connectivity index (χ2v) is 7.67. The highest BCUT2D eigenvalue weighted by atomic mass is 32.1. The third-order valence-corrected chi connectivity index (χ3v) is 6.01. The van der Waals surface area contributed by atoms with Crippen molar-refractivity contribution in [3.63, 3.8) is 0 Å². The second kappa shape index (κ2) is 6.82. The molecule has 24 heavy (non-hydrogen) atoms. The van der Waals surface area contributed by atoms with Gasteiger partial charge in [0.2, 0.25) is 0 Å². The van der Waals surface area contributed by atoms with Gasteiger partial charge >= 0.3 is 0 Å². The molecule has 4 rings (SSSR count). The SMILES string of the molecule is Cc1noc(C)c1[C@H]1CCCN1Cc1cnc(N2CCOCC2)s1. The van der Waals surface area contributed by atoms with Crippen molar-refractivity contribution < 1.29 is 9.26 Å². The smallest absolute Gasteiger partial charge is 0.185 e. The van der Waals surface area contributed by atoms with Gasteiger partial charge in [-0.05, 0) is 33.2 Å². The standard InChI is InChI=1S/C17H24N4O2S/c1-12-16(13(2)23-19-12)15-4-3-5-21(15)11-14-10-18-17(24-14)20-6-8-22-9-7-20/h10,15H,3-9,11H2,1-2H3/t15-/m1/s1. The number of rotatable bonds is 4. The highest BCUT2D eigenvalue weighted by Gasteiger charge is 2.31. The largest absolute Gasteiger partial charge is 0.378 e. The minimum atomic E-state index is 0.421. The first-order valence-corrected chi connectivity index (χ1v) is 9.48. The van der Waals surface area contributed by atoms with Crippen molar-refractivity contribution >= 4 is 16.5 Å². The average Bonchev–Trinajstić information content (AvgIpc) is 3.31. The Labute approximate surface area is 146 Å². The van der Waals surface area contributed by atoms with E-state index in [1.807, 2.05) is 31.4 Å². The van der Waals surface area contributed by atoms with E-state index in [1.165, 1.54) is 23.3 Å². The van der Waals surface area contributed by atoms with Crippen LogP contribution < -0.4 is 4.90 Å². The zero-order valence-electron chi connectivity index (χ0n) is 14.3. The van der Waals surface area contributed by atoms with Gasteiger partial charge in [-0.15, -0.1) is 11.3 Å². The molecule has 7 heteroatoms. The normalized spacial score (nSPS) is 22.4. The summed E-state index contributed by atoms with van der Waals surface area (Å²) >= 11 is 1.81. The summed E-state index contributed by atoms with van der Waals surface area (Å²) in [6.45, 7) is 9.64. The first-order valence-electron chi connectivity index (χ1n) is 8.66. The summed E-state index contributed by atoms with van der Waals surface area (Å²) in [5.41, 5.74) is 2.31. The highest BCUT2D eigenvalue weighted by molar-refractivity contribution is 7.15. The van der Waals surface area contributed by atoms with Crippen molar-refractivity contribution in [2.24, 2.45) is 0 Å². The molecule has 2 saturated heterocycles. The number of thiazole rings is 1. The predicted octanol–water partition coefficient (Wildman–Crippen LogP) is 2.92. The molecule has 0 spiro atoms. The molecule has 0 aromatic carbocycles. The average molecular weight is 348 g/mol. The maximum Gasteiger partial charge on any atom is 0.185 e. The van der Waals surface area contributed by atoms with Crippen molar-refractivity contribution in [2.75, 3.05) is 37.7 Å². The molecule has 2 aromatic rings. The van der Waals surface area contributed by atoms with E-state index < -0.39 is 0 Å². The second-order valence-electron chi connectivity index (χ2n) is 6.57. The Morgan fingerprint density at radius 3 is 2.83 bits per heavy atom. The highest BCUT2D eigenvalue weighted by Crippen LogP contribution is 2.37. The first kappa shape index (κ1) is 16.1. The van der Waals surface area contributed by atoms with Gasteiger partial charge in [0.05, 0.1) is 18.9 Å². The summed E-state index contributed by atoms with van der Waals surface area (Å²) in [5, 5.41) is 5.26. The first-order chi connectivity index (χ1) is 11.7. The molecule has 2 aliphatic rings. The van der Waals surface area contributed by atoms with E-state index in [-0.39, 0.29) is 0 Å². The lowest BCUT2D eigenvalue weighted by Crippen LogP contribution is -2.36. The molecular weight excluding hydrogens is 324 g/mol. The van der Waals surface area contributed by atoms with Gasteiger partial charge in [0.15, 0.2) is 5.13 Å². The van der Waals surface area contributed by atoms with E-state index in [0.717, 1.165) is 56.0 Å². The van der Waals surface area contributed by atoms with Crippen molar-refractivity contribution in [1.82, 2.24) is 15.0 Å². The number of hydrogen-bond acceptors (Lipinski definition) is 7. The van der Waals surface area contributed by atoms with Gasteiger partial charge in [0, 0.05) is 42.3 Å². The number of anilines is 1. The van der Waals surface area contributed by atoms with E-state index in [2.05, 4.69) is 19.9 Å². The van der Waals surface area contributed by atoms with Crippen molar-refractivity contribution in [3.05, 3.63) is 28.1 Å². The minimum absolute atomic E-state index is 0.421. The molecule has 0 amide bonds. The van der Waals surface area contributed by atoms with Crippen molar-refractivity contribution in [3.8, 4) is 0 Å². The maximum absolute atomic E-state index is 5.43. The molecule has 6 nitrogen and oxygen atoms in total. The third kappa shape index (κ3) is 3.08. The van der Waals surface area contributed by atoms with E-state index in [9.17, 15) is 0 Å². The van der Waals surface area contributed by atoms with Crippen LogP contribution >= 0.6 is 11.3 Å². The number of ether oxygens (including phenoxy) is 1. The fraction of sp³-hybridized carbons (Fsp3) is 0.647. The Balaban J connectivity index is 1.47. The van der Waals surface area contributed by atoms with E-state index in [1.54, 1.807) is 0 Å². The van der Waals surface area contributed by atoms with Gasteiger partial charge < -0.3 is 14.2 Å². The van der Waals surface area contributed by atoms with Gasteiger partial charge in [-0.2, -0.15) is 0 Å². The van der Waals surface area contributed by atoms with Crippen molar-refractivity contribution in [2.45, 2.75) is 39.3 Å². The Morgan fingerprint density at radius 2 is 2.08 bits per heavy atom. The molecule has 0 bridgehead atoms. The molecule has 2 aromatic heterocycles. The van der Waals surface area contributed by atoms with Crippen LogP contribution in [0.2, 0.25) is 0 Å². The molecule has 2 aliphatic heterocycles. The Kier molecular flexibility index (Phi) is 4.56. The molecule has 1 atom stereocenters. The summed E-state index contributed by atoms with van der Waals surface area (Å²) in [6.07, 6.45) is 4.44. The van der Waals surface area contributed by atoms with Gasteiger partial charge in [-0.25, -0.2) is 4.98 Å². The molecule has 2 fully saturated rings. The molecule has 0 aliphatic carbocycles. The quantitative estimate of drug-likeness (QED) is 0.847. The molecule has 0 unspecified atom stereocenters. The minimum Gasteiger partial charge on any atom is -0.378 e. The maximum atomic E-state index is 5.43. The fourth-order valence-electron chi connectivity index (χ4n) is 3.78. The lowest BCUT2D eigenvalue weighted by Gasteiger charge is -2.26. The van der Waals surface area contributed by atoms with Gasteiger partial charge in [-0.1, -0.05) is 5.16 Å².